The van der Waals surface area contributed by atoms with Crippen molar-refractivity contribution in [1.29, 1.82) is 0 Å². The first-order valence-corrected chi connectivity index (χ1v) is 9.36. The summed E-state index contributed by atoms with van der Waals surface area (Å²) in [5, 5.41) is 2.72. The lowest BCUT2D eigenvalue weighted by Crippen LogP contribution is -2.19. The van der Waals surface area contributed by atoms with Crippen molar-refractivity contribution in [3.05, 3.63) is 71.1 Å². The molecule has 2 aliphatic rings. The van der Waals surface area contributed by atoms with Gasteiger partial charge in [0.2, 0.25) is 0 Å². The lowest BCUT2D eigenvalue weighted by Gasteiger charge is -2.06. The molecule has 24 heavy (non-hydrogen) atoms. The van der Waals surface area contributed by atoms with Crippen LogP contribution in [0.1, 0.15) is 10.4 Å². The first-order chi connectivity index (χ1) is 11.7. The smallest absolute Gasteiger partial charge is 0.288 e. The minimum absolute atomic E-state index is 0.111. The zero-order valence-electron chi connectivity index (χ0n) is 12.4. The molecule has 1 N–H and O–H groups in total. The third kappa shape index (κ3) is 2.74. The molecule has 1 unspecified atom stereocenters. The van der Waals surface area contributed by atoms with E-state index in [1.54, 1.807) is 12.1 Å². The zero-order valence-corrected chi connectivity index (χ0v) is 14.1. The number of benzene rings is 2. The highest BCUT2D eigenvalue weighted by Crippen LogP contribution is 2.43. The highest BCUT2D eigenvalue weighted by molar-refractivity contribution is 8.30. The van der Waals surface area contributed by atoms with E-state index in [0.717, 1.165) is 27.3 Å². The molecule has 0 spiro atoms. The second-order valence-corrected chi connectivity index (χ2v) is 7.87. The molecule has 1 saturated heterocycles. The molecule has 0 saturated carbocycles. The molecule has 0 bridgehead atoms. The molecule has 2 aromatic carbocycles. The van der Waals surface area contributed by atoms with Crippen LogP contribution in [-0.2, 0) is 0 Å². The Morgan fingerprint density at radius 2 is 1.83 bits per heavy atom. The number of nitrogens with zero attached hydrogens (tertiary/aromatic N) is 1. The number of rotatable bonds is 2. The Morgan fingerprint density at radius 3 is 2.67 bits per heavy atom. The Balaban J connectivity index is 1.78. The van der Waals surface area contributed by atoms with Gasteiger partial charge in [0.15, 0.2) is 5.78 Å². The largest absolute Gasteiger partial charge is 0.310 e. The molecule has 0 aliphatic carbocycles. The Hall–Kier alpha value is -2.44. The number of carbonyl (C=O) groups is 2. The molecule has 4 rings (SSSR count). The summed E-state index contributed by atoms with van der Waals surface area (Å²) < 4.78 is 0. The van der Waals surface area contributed by atoms with Crippen molar-refractivity contribution in [2.75, 3.05) is 0 Å². The molecule has 2 aromatic rings. The molecule has 118 valence electrons. The number of fused-ring (bicyclic) bond motifs is 1. The highest BCUT2D eigenvalue weighted by Gasteiger charge is 2.28. The maximum atomic E-state index is 12.4. The molecule has 1 amide bonds. The van der Waals surface area contributed by atoms with E-state index in [4.69, 9.17) is 0 Å². The van der Waals surface area contributed by atoms with E-state index in [0.29, 0.717) is 10.5 Å². The second kappa shape index (κ2) is 6.22. The van der Waals surface area contributed by atoms with Crippen molar-refractivity contribution >= 4 is 49.5 Å². The van der Waals surface area contributed by atoms with E-state index in [-0.39, 0.29) is 11.0 Å². The van der Waals surface area contributed by atoms with Gasteiger partial charge in [0.05, 0.1) is 21.1 Å². The van der Waals surface area contributed by atoms with Gasteiger partial charge < -0.3 is 5.32 Å². The van der Waals surface area contributed by atoms with Crippen LogP contribution in [0.25, 0.3) is 0 Å². The average molecular weight is 352 g/mol. The van der Waals surface area contributed by atoms with Gasteiger partial charge >= 0.3 is 0 Å². The minimum atomic E-state index is -0.449. The number of aliphatic imine (C=N–C) groups is 1. The Bertz CT molecular complexity index is 947. The third-order valence-electron chi connectivity index (χ3n) is 3.58. The van der Waals surface area contributed by atoms with Crippen LogP contribution in [0, 0.1) is 0 Å². The second-order valence-electron chi connectivity index (χ2n) is 5.12. The van der Waals surface area contributed by atoms with Crippen molar-refractivity contribution < 1.29 is 9.59 Å². The molecule has 0 aromatic heterocycles. The van der Waals surface area contributed by atoms with Crippen LogP contribution in [-0.4, -0.2) is 21.6 Å². The first kappa shape index (κ1) is 15.1. The standard InChI is InChI=1S/C18H12N2O2S2/c21-14(12-6-2-1-3-7-12)10-15-17(20-18(22)23-15)24-11-19-13-8-4-5-9-16(13)24/h1-11H,(H,20,22). The molecule has 2 aliphatic heterocycles. The summed E-state index contributed by atoms with van der Waals surface area (Å²) >= 11 is 1.06. The van der Waals surface area contributed by atoms with Crippen LogP contribution in [0.5, 0.6) is 0 Å². The predicted molar refractivity (Wildman–Crippen MR) is 100 cm³/mol. The summed E-state index contributed by atoms with van der Waals surface area (Å²) in [7, 11) is -0.449. The first-order valence-electron chi connectivity index (χ1n) is 7.26. The van der Waals surface area contributed by atoms with E-state index < -0.39 is 10.5 Å². The molecule has 4 nitrogen and oxygen atoms in total. The molecular formula is C18H12N2O2S2. The topological polar surface area (TPSA) is 58.5 Å². The third-order valence-corrected chi connectivity index (χ3v) is 6.44. The number of hydrogen-bond acceptors (Lipinski definition) is 4. The molecule has 6 heteroatoms. The van der Waals surface area contributed by atoms with E-state index in [9.17, 15) is 9.59 Å². The fraction of sp³-hybridized carbons (Fsp3) is 0. The van der Waals surface area contributed by atoms with Gasteiger partial charge in [-0.15, -0.1) is 0 Å². The maximum absolute atomic E-state index is 12.4. The number of nitrogens with one attached hydrogen (secondary N) is 1. The van der Waals surface area contributed by atoms with Gasteiger partial charge in [-0.25, -0.2) is 4.99 Å². The lowest BCUT2D eigenvalue weighted by molar-refractivity contribution is 0.104. The average Bonchev–Trinajstić information content (AvgIpc) is 3.18. The summed E-state index contributed by atoms with van der Waals surface area (Å²) in [5.74, 6) is -0.111. The van der Waals surface area contributed by atoms with Gasteiger partial charge in [0.1, 0.15) is 0 Å². The van der Waals surface area contributed by atoms with Crippen LogP contribution in [0.2, 0.25) is 0 Å². The minimum Gasteiger partial charge on any atom is -0.310 e. The number of carbonyl (C=O) groups excluding carboxylic acids is 2. The van der Waals surface area contributed by atoms with Gasteiger partial charge in [-0.1, -0.05) is 52.9 Å². The number of hydrogen-bond donors (Lipinski definition) is 1. The predicted octanol–water partition coefficient (Wildman–Crippen LogP) is 4.34. The van der Waals surface area contributed by atoms with E-state index in [1.807, 2.05) is 48.0 Å². The summed E-state index contributed by atoms with van der Waals surface area (Å²) in [5.41, 5.74) is 3.36. The molecule has 0 radical (unpaired) electrons. The number of allylic oxidation sites excluding steroid dienone is 1. The Labute approximate surface area is 145 Å². The van der Waals surface area contributed by atoms with Crippen LogP contribution in [0.3, 0.4) is 0 Å². The molecule has 2 heterocycles. The summed E-state index contributed by atoms with van der Waals surface area (Å²) in [6.45, 7) is 0. The van der Waals surface area contributed by atoms with Gasteiger partial charge in [0, 0.05) is 16.5 Å². The van der Waals surface area contributed by atoms with Crippen molar-refractivity contribution in [2.24, 2.45) is 4.99 Å². The number of amides is 1. The molecule has 1 atom stereocenters. The van der Waals surface area contributed by atoms with E-state index in [2.05, 4.69) is 10.3 Å². The summed E-state index contributed by atoms with van der Waals surface area (Å²) in [6, 6.07) is 16.9. The maximum Gasteiger partial charge on any atom is 0.288 e. The SMILES string of the molecule is O=C1NC(=S2C=Nc3ccccc32)C(=CC(=O)c2ccccc2)S1. The number of para-hydroxylation sites is 1. The van der Waals surface area contributed by atoms with Crippen LogP contribution in [0.15, 0.2) is 75.5 Å². The van der Waals surface area contributed by atoms with Crippen LogP contribution in [0.4, 0.5) is 10.5 Å². The van der Waals surface area contributed by atoms with Crippen LogP contribution >= 0.6 is 22.2 Å². The monoisotopic (exact) mass is 352 g/mol. The van der Waals surface area contributed by atoms with Crippen molar-refractivity contribution in [1.82, 2.24) is 5.32 Å². The molecule has 1 fully saturated rings. The molecular weight excluding hydrogens is 340 g/mol. The summed E-state index contributed by atoms with van der Waals surface area (Å²) in [6.07, 6.45) is 1.54. The van der Waals surface area contributed by atoms with Gasteiger partial charge in [0.25, 0.3) is 5.24 Å². The highest BCUT2D eigenvalue weighted by atomic mass is 32.2. The van der Waals surface area contributed by atoms with Crippen LogP contribution < -0.4 is 5.32 Å². The quantitative estimate of drug-likeness (QED) is 0.497. The Kier molecular flexibility index (Phi) is 3.92. The van der Waals surface area contributed by atoms with Crippen molar-refractivity contribution in [3.8, 4) is 0 Å². The fourth-order valence-corrected chi connectivity index (χ4v) is 5.30. The Morgan fingerprint density at radius 1 is 1.08 bits per heavy atom. The number of ketones is 1. The van der Waals surface area contributed by atoms with Crippen molar-refractivity contribution in [2.45, 2.75) is 4.90 Å². The fourth-order valence-electron chi connectivity index (χ4n) is 2.47. The lowest BCUT2D eigenvalue weighted by atomic mass is 10.1. The zero-order chi connectivity index (χ0) is 16.5. The number of thioether (sulfide) groups is 1. The van der Waals surface area contributed by atoms with E-state index >= 15 is 0 Å². The van der Waals surface area contributed by atoms with Gasteiger partial charge in [-0.3, -0.25) is 9.59 Å². The van der Waals surface area contributed by atoms with E-state index in [1.165, 1.54) is 6.08 Å². The summed E-state index contributed by atoms with van der Waals surface area (Å²) in [4.78, 5) is 31.2. The normalized spacial score (nSPS) is 21.8. The van der Waals surface area contributed by atoms with Crippen molar-refractivity contribution in [3.63, 3.8) is 0 Å². The van der Waals surface area contributed by atoms with Gasteiger partial charge in [-0.05, 0) is 23.9 Å². The van der Waals surface area contributed by atoms with Gasteiger partial charge in [-0.2, -0.15) is 0 Å².